The molecule has 8 nitrogen and oxygen atoms in total. The number of hydrogen-bond acceptors (Lipinski definition) is 7. The molecule has 0 saturated carbocycles. The highest BCUT2D eigenvalue weighted by Gasteiger charge is 2.32. The first kappa shape index (κ1) is 21.4. The molecule has 0 N–H and O–H groups in total. The van der Waals surface area contributed by atoms with Crippen molar-refractivity contribution in [1.29, 1.82) is 0 Å². The van der Waals surface area contributed by atoms with Crippen LogP contribution >= 0.6 is 11.8 Å². The number of amides is 2. The van der Waals surface area contributed by atoms with Gasteiger partial charge in [-0.15, -0.1) is 11.8 Å². The Hall–Kier alpha value is -2.81. The van der Waals surface area contributed by atoms with Crippen LogP contribution in [0.3, 0.4) is 0 Å². The van der Waals surface area contributed by atoms with Crippen molar-refractivity contribution in [3.05, 3.63) is 53.2 Å². The standard InChI is InChI=1S/C22H26N4O4S/c1-15-5-6-17(21(27)26-11-13-31-14-26)19(23-15)16-7-9-25(10-8-16)22(28)20(24-29-2)18-4-3-12-30-18/h3-6,12,16H,7-11,13-14H2,1-2H3. The van der Waals surface area contributed by atoms with E-state index < -0.39 is 0 Å². The third-order valence-corrected chi connectivity index (χ3v) is 6.61. The van der Waals surface area contributed by atoms with E-state index in [0.717, 1.165) is 42.4 Å². The molecule has 4 rings (SSSR count). The van der Waals surface area contributed by atoms with Gasteiger partial charge in [0.25, 0.3) is 11.8 Å². The fourth-order valence-electron chi connectivity index (χ4n) is 4.01. The minimum absolute atomic E-state index is 0.0540. The van der Waals surface area contributed by atoms with Crippen LogP contribution in [0.25, 0.3) is 0 Å². The third kappa shape index (κ3) is 4.61. The Balaban J connectivity index is 1.49. The van der Waals surface area contributed by atoms with Crippen molar-refractivity contribution in [2.75, 3.05) is 38.4 Å². The number of nitrogens with zero attached hydrogens (tertiary/aromatic N) is 4. The predicted octanol–water partition coefficient (Wildman–Crippen LogP) is 2.89. The molecule has 4 heterocycles. The molecule has 0 bridgehead atoms. The number of oxime groups is 1. The average molecular weight is 443 g/mol. The third-order valence-electron chi connectivity index (χ3n) is 5.64. The smallest absolute Gasteiger partial charge is 0.279 e. The van der Waals surface area contributed by atoms with Gasteiger partial charge in [-0.3, -0.25) is 14.6 Å². The molecule has 2 aromatic rings. The van der Waals surface area contributed by atoms with Crippen LogP contribution in [0, 0.1) is 6.92 Å². The topological polar surface area (TPSA) is 88.2 Å². The van der Waals surface area contributed by atoms with Crippen molar-refractivity contribution in [1.82, 2.24) is 14.8 Å². The summed E-state index contributed by atoms with van der Waals surface area (Å²) in [4.78, 5) is 39.3. The van der Waals surface area contributed by atoms with Gasteiger partial charge in [0, 0.05) is 37.0 Å². The predicted molar refractivity (Wildman–Crippen MR) is 118 cm³/mol. The number of piperidine rings is 1. The molecule has 0 radical (unpaired) electrons. The quantitative estimate of drug-likeness (QED) is 0.523. The Labute approximate surface area is 185 Å². The monoisotopic (exact) mass is 442 g/mol. The number of pyridine rings is 1. The summed E-state index contributed by atoms with van der Waals surface area (Å²) in [6, 6.07) is 7.20. The summed E-state index contributed by atoms with van der Waals surface area (Å²) in [7, 11) is 1.41. The Kier molecular flexibility index (Phi) is 6.60. The zero-order valence-electron chi connectivity index (χ0n) is 17.7. The highest BCUT2D eigenvalue weighted by atomic mass is 32.2. The van der Waals surface area contributed by atoms with E-state index in [9.17, 15) is 9.59 Å². The average Bonchev–Trinajstić information content (AvgIpc) is 3.51. The Morgan fingerprint density at radius 1 is 1.19 bits per heavy atom. The molecule has 2 fully saturated rings. The Morgan fingerprint density at radius 3 is 2.65 bits per heavy atom. The van der Waals surface area contributed by atoms with Gasteiger partial charge in [0.05, 0.1) is 23.4 Å². The number of aryl methyl sites for hydroxylation is 1. The van der Waals surface area contributed by atoms with Crippen LogP contribution < -0.4 is 0 Å². The van der Waals surface area contributed by atoms with Gasteiger partial charge in [-0.2, -0.15) is 0 Å². The molecule has 9 heteroatoms. The molecule has 0 spiro atoms. The van der Waals surface area contributed by atoms with Gasteiger partial charge in [-0.05, 0) is 44.0 Å². The number of thioether (sulfide) groups is 1. The van der Waals surface area contributed by atoms with E-state index in [2.05, 4.69) is 5.16 Å². The van der Waals surface area contributed by atoms with Crippen molar-refractivity contribution >= 4 is 29.3 Å². The first-order chi connectivity index (χ1) is 15.1. The summed E-state index contributed by atoms with van der Waals surface area (Å²) in [6.45, 7) is 3.82. The van der Waals surface area contributed by atoms with Gasteiger partial charge in [0.15, 0.2) is 5.76 Å². The maximum absolute atomic E-state index is 13.1. The highest BCUT2D eigenvalue weighted by molar-refractivity contribution is 7.99. The maximum Gasteiger partial charge on any atom is 0.279 e. The molecule has 2 aliphatic heterocycles. The second-order valence-corrected chi connectivity index (χ2v) is 8.73. The minimum Gasteiger partial charge on any atom is -0.462 e. The van der Waals surface area contributed by atoms with Crippen molar-refractivity contribution in [2.24, 2.45) is 5.16 Å². The Bertz CT molecular complexity index is 962. The van der Waals surface area contributed by atoms with Gasteiger partial charge in [0.1, 0.15) is 7.11 Å². The number of rotatable bonds is 5. The second kappa shape index (κ2) is 9.55. The lowest BCUT2D eigenvalue weighted by molar-refractivity contribution is -0.125. The molecule has 0 aromatic carbocycles. The van der Waals surface area contributed by atoms with Crippen LogP contribution in [0.1, 0.15) is 46.3 Å². The molecule has 0 unspecified atom stereocenters. The summed E-state index contributed by atoms with van der Waals surface area (Å²) in [5.41, 5.74) is 2.59. The number of carbonyl (C=O) groups excluding carboxylic acids is 2. The highest BCUT2D eigenvalue weighted by Crippen LogP contribution is 2.31. The molecule has 31 heavy (non-hydrogen) atoms. The normalized spacial score (nSPS) is 17.8. The van der Waals surface area contributed by atoms with Gasteiger partial charge < -0.3 is 19.1 Å². The lowest BCUT2D eigenvalue weighted by Crippen LogP contribution is -2.42. The molecule has 2 aliphatic rings. The molecular formula is C22H26N4O4S. The van der Waals surface area contributed by atoms with Crippen molar-refractivity contribution < 1.29 is 18.8 Å². The minimum atomic E-state index is -0.224. The first-order valence-electron chi connectivity index (χ1n) is 10.4. The fourth-order valence-corrected chi connectivity index (χ4v) is 4.96. The fraction of sp³-hybridized carbons (Fsp3) is 0.455. The largest absolute Gasteiger partial charge is 0.462 e. The van der Waals surface area contributed by atoms with Crippen molar-refractivity contribution in [2.45, 2.75) is 25.7 Å². The first-order valence-corrected chi connectivity index (χ1v) is 11.5. The van der Waals surface area contributed by atoms with Crippen LogP contribution in [0.15, 0.2) is 40.1 Å². The molecular weight excluding hydrogens is 416 g/mol. The van der Waals surface area contributed by atoms with Crippen LogP contribution in [-0.4, -0.2) is 70.7 Å². The SMILES string of the molecule is CON=C(C(=O)N1CCC(c2nc(C)ccc2C(=O)N2CCSC2)CC1)c1ccco1. The van der Waals surface area contributed by atoms with E-state index >= 15 is 0 Å². The van der Waals surface area contributed by atoms with Crippen LogP contribution in [0.5, 0.6) is 0 Å². The van der Waals surface area contributed by atoms with Crippen molar-refractivity contribution in [3.63, 3.8) is 0 Å². The van der Waals surface area contributed by atoms with Crippen LogP contribution in [0.4, 0.5) is 0 Å². The zero-order chi connectivity index (χ0) is 21.8. The van der Waals surface area contributed by atoms with Gasteiger partial charge in [0.2, 0.25) is 5.71 Å². The molecule has 2 saturated heterocycles. The lowest BCUT2D eigenvalue weighted by atomic mass is 9.89. The van der Waals surface area contributed by atoms with Gasteiger partial charge in [-0.1, -0.05) is 5.16 Å². The van der Waals surface area contributed by atoms with Crippen molar-refractivity contribution in [3.8, 4) is 0 Å². The number of likely N-dealkylation sites (tertiary alicyclic amines) is 1. The van der Waals surface area contributed by atoms with Crippen LogP contribution in [-0.2, 0) is 9.63 Å². The number of aromatic nitrogens is 1. The molecule has 2 aromatic heterocycles. The molecule has 0 atom stereocenters. The summed E-state index contributed by atoms with van der Waals surface area (Å²) < 4.78 is 5.34. The molecule has 164 valence electrons. The number of hydrogen-bond donors (Lipinski definition) is 0. The van der Waals surface area contributed by atoms with E-state index in [1.165, 1.54) is 13.4 Å². The number of furan rings is 1. The second-order valence-electron chi connectivity index (χ2n) is 7.66. The number of carbonyl (C=O) groups is 2. The summed E-state index contributed by atoms with van der Waals surface area (Å²) in [5.74, 6) is 2.04. The van der Waals surface area contributed by atoms with E-state index in [0.29, 0.717) is 24.4 Å². The lowest BCUT2D eigenvalue weighted by Gasteiger charge is -2.32. The van der Waals surface area contributed by atoms with Crippen LogP contribution in [0.2, 0.25) is 0 Å². The molecule has 2 amide bonds. The van der Waals surface area contributed by atoms with Gasteiger partial charge >= 0.3 is 0 Å². The Morgan fingerprint density at radius 2 is 2.00 bits per heavy atom. The zero-order valence-corrected chi connectivity index (χ0v) is 18.6. The van der Waals surface area contributed by atoms with Gasteiger partial charge in [-0.25, -0.2) is 0 Å². The molecule has 0 aliphatic carbocycles. The summed E-state index contributed by atoms with van der Waals surface area (Å²) >= 11 is 1.77. The summed E-state index contributed by atoms with van der Waals surface area (Å²) in [6.07, 6.45) is 2.96. The van der Waals surface area contributed by atoms with E-state index in [1.54, 1.807) is 28.8 Å². The van der Waals surface area contributed by atoms with E-state index in [-0.39, 0.29) is 23.4 Å². The maximum atomic E-state index is 13.1. The van der Waals surface area contributed by atoms with E-state index in [1.807, 2.05) is 24.0 Å². The van der Waals surface area contributed by atoms with E-state index in [4.69, 9.17) is 14.2 Å². The summed E-state index contributed by atoms with van der Waals surface area (Å²) in [5, 5.41) is 3.88.